The molecule has 0 saturated carbocycles. The number of aromatic nitrogens is 4. The summed E-state index contributed by atoms with van der Waals surface area (Å²) in [5.74, 6) is 0.218. The van der Waals surface area contributed by atoms with E-state index in [1.807, 2.05) is 0 Å². The number of hydrogen-bond donors (Lipinski definition) is 1. The van der Waals surface area contributed by atoms with Crippen molar-refractivity contribution >= 4 is 20.9 Å². The Labute approximate surface area is 176 Å². The molecule has 0 amide bonds. The highest BCUT2D eigenvalue weighted by molar-refractivity contribution is 7.89. The lowest BCUT2D eigenvalue weighted by Gasteiger charge is -2.16. The lowest BCUT2D eigenvalue weighted by Crippen LogP contribution is -2.28. The molecule has 0 fully saturated rings. The maximum Gasteiger partial charge on any atom is 0.258 e. The molecule has 2 aromatic carbocycles. The van der Waals surface area contributed by atoms with Gasteiger partial charge in [0.15, 0.2) is 0 Å². The average molecular weight is 443 g/mol. The molecule has 4 rings (SSSR count). The lowest BCUT2D eigenvalue weighted by atomic mass is 10.1. The zero-order valence-electron chi connectivity index (χ0n) is 16.4. The van der Waals surface area contributed by atoms with Crippen LogP contribution < -0.4 is 5.56 Å². The number of hydrogen-bond acceptors (Lipinski definition) is 7. The molecule has 9 nitrogen and oxygen atoms in total. The molecule has 0 aliphatic carbocycles. The largest absolute Gasteiger partial charge is 0.339 e. The van der Waals surface area contributed by atoms with Crippen LogP contribution in [0.25, 0.3) is 22.3 Å². The number of halogens is 1. The third-order valence-electron chi connectivity index (χ3n) is 4.75. The third kappa shape index (κ3) is 4.37. The summed E-state index contributed by atoms with van der Waals surface area (Å²) in [6, 6.07) is 9.73. The zero-order chi connectivity index (χ0) is 22.0. The highest BCUT2D eigenvalue weighted by Gasteiger charge is 2.20. The van der Waals surface area contributed by atoms with E-state index in [0.29, 0.717) is 41.0 Å². The Morgan fingerprint density at radius 3 is 2.71 bits per heavy atom. The number of aryl methyl sites for hydroxylation is 1. The molecular weight excluding hydrogens is 425 g/mol. The molecule has 11 heteroatoms. The molecule has 0 saturated heterocycles. The third-order valence-corrected chi connectivity index (χ3v) is 6.62. The van der Waals surface area contributed by atoms with Crippen LogP contribution in [0.3, 0.4) is 0 Å². The molecule has 4 aromatic rings. The SMILES string of the molecule is CN(CCCc1nc(-c2ccc3c(=O)[nH]cnc3c2)no1)S(=O)(=O)c1ccc(F)cc1. The van der Waals surface area contributed by atoms with Gasteiger partial charge in [-0.2, -0.15) is 4.98 Å². The Morgan fingerprint density at radius 2 is 1.94 bits per heavy atom. The molecule has 2 aromatic heterocycles. The van der Waals surface area contributed by atoms with Gasteiger partial charge >= 0.3 is 0 Å². The van der Waals surface area contributed by atoms with E-state index in [2.05, 4.69) is 20.1 Å². The Balaban J connectivity index is 1.40. The average Bonchev–Trinajstić information content (AvgIpc) is 3.23. The van der Waals surface area contributed by atoms with Crippen molar-refractivity contribution in [2.24, 2.45) is 0 Å². The predicted molar refractivity (Wildman–Crippen MR) is 110 cm³/mol. The van der Waals surface area contributed by atoms with E-state index in [1.165, 1.54) is 29.8 Å². The summed E-state index contributed by atoms with van der Waals surface area (Å²) in [4.78, 5) is 22.8. The first-order valence-corrected chi connectivity index (χ1v) is 10.8. The summed E-state index contributed by atoms with van der Waals surface area (Å²) in [7, 11) is -2.25. The van der Waals surface area contributed by atoms with E-state index in [0.717, 1.165) is 12.1 Å². The molecular formula is C20H18FN5O4S. The number of nitrogens with one attached hydrogen (secondary N) is 1. The standard InChI is InChI=1S/C20H18FN5O4S/c1-26(31(28,29)15-7-5-14(21)6-8-15)10-2-3-18-24-19(25-30-18)13-4-9-16-17(11-13)22-12-23-20(16)27/h4-9,11-12H,2-3,10H2,1H3,(H,22,23,27). The highest BCUT2D eigenvalue weighted by Crippen LogP contribution is 2.20. The monoisotopic (exact) mass is 443 g/mol. The van der Waals surface area contributed by atoms with Crippen LogP contribution in [-0.4, -0.2) is 46.4 Å². The summed E-state index contributed by atoms with van der Waals surface area (Å²) in [6.45, 7) is 0.222. The first-order valence-electron chi connectivity index (χ1n) is 9.37. The Morgan fingerprint density at radius 1 is 1.16 bits per heavy atom. The van der Waals surface area contributed by atoms with E-state index < -0.39 is 15.8 Å². The van der Waals surface area contributed by atoms with Gasteiger partial charge in [-0.15, -0.1) is 0 Å². The molecule has 0 unspecified atom stereocenters. The molecule has 0 bridgehead atoms. The molecule has 0 atom stereocenters. The summed E-state index contributed by atoms with van der Waals surface area (Å²) >= 11 is 0. The van der Waals surface area contributed by atoms with Gasteiger partial charge in [-0.3, -0.25) is 4.79 Å². The first kappa shape index (κ1) is 20.8. The van der Waals surface area contributed by atoms with Gasteiger partial charge in [0.25, 0.3) is 5.56 Å². The number of fused-ring (bicyclic) bond motifs is 1. The van der Waals surface area contributed by atoms with E-state index >= 15 is 0 Å². The van der Waals surface area contributed by atoms with Crippen molar-refractivity contribution in [3.63, 3.8) is 0 Å². The number of benzene rings is 2. The smallest absolute Gasteiger partial charge is 0.258 e. The fourth-order valence-corrected chi connectivity index (χ4v) is 4.25. The van der Waals surface area contributed by atoms with Crippen molar-refractivity contribution in [3.05, 3.63) is 70.9 Å². The van der Waals surface area contributed by atoms with Crippen LogP contribution in [0.2, 0.25) is 0 Å². The molecule has 0 aliphatic heterocycles. The second-order valence-corrected chi connectivity index (χ2v) is 8.90. The number of H-pyrrole nitrogens is 1. The molecule has 0 spiro atoms. The minimum atomic E-state index is -3.71. The fourth-order valence-electron chi connectivity index (χ4n) is 3.04. The molecule has 160 valence electrons. The van der Waals surface area contributed by atoms with Crippen molar-refractivity contribution in [2.45, 2.75) is 17.7 Å². The molecule has 1 N–H and O–H groups in total. The van der Waals surface area contributed by atoms with Gasteiger partial charge in [0.1, 0.15) is 5.82 Å². The van der Waals surface area contributed by atoms with Crippen molar-refractivity contribution in [3.8, 4) is 11.4 Å². The van der Waals surface area contributed by atoms with Crippen molar-refractivity contribution in [1.29, 1.82) is 0 Å². The van der Waals surface area contributed by atoms with Crippen molar-refractivity contribution in [1.82, 2.24) is 24.4 Å². The van der Waals surface area contributed by atoms with Crippen LogP contribution in [0.4, 0.5) is 4.39 Å². The maximum atomic E-state index is 13.0. The minimum absolute atomic E-state index is 0.0280. The van der Waals surface area contributed by atoms with E-state index in [-0.39, 0.29) is 17.0 Å². The normalized spacial score (nSPS) is 12.0. The molecule has 0 aliphatic rings. The number of aromatic amines is 1. The second kappa shape index (κ2) is 8.36. The van der Waals surface area contributed by atoms with Crippen molar-refractivity contribution < 1.29 is 17.3 Å². The first-order chi connectivity index (χ1) is 14.8. The van der Waals surface area contributed by atoms with Crippen LogP contribution >= 0.6 is 0 Å². The van der Waals surface area contributed by atoms with Crippen LogP contribution in [0.1, 0.15) is 12.3 Å². The highest BCUT2D eigenvalue weighted by atomic mass is 32.2. The lowest BCUT2D eigenvalue weighted by molar-refractivity contribution is 0.368. The molecule has 31 heavy (non-hydrogen) atoms. The van der Waals surface area contributed by atoms with Gasteiger partial charge in [-0.1, -0.05) is 11.2 Å². The minimum Gasteiger partial charge on any atom is -0.339 e. The van der Waals surface area contributed by atoms with Gasteiger partial charge in [0.05, 0.1) is 22.1 Å². The van der Waals surface area contributed by atoms with E-state index in [9.17, 15) is 17.6 Å². The zero-order valence-corrected chi connectivity index (χ0v) is 17.3. The van der Waals surface area contributed by atoms with Crippen LogP contribution in [0.15, 0.2) is 63.0 Å². The summed E-state index contributed by atoms with van der Waals surface area (Å²) in [5, 5.41) is 4.41. The fraction of sp³-hybridized carbons (Fsp3) is 0.200. The van der Waals surface area contributed by atoms with Crippen LogP contribution in [0, 0.1) is 5.82 Å². The van der Waals surface area contributed by atoms with Gasteiger partial charge in [-0.05, 0) is 42.8 Å². The van der Waals surface area contributed by atoms with E-state index in [4.69, 9.17) is 4.52 Å². The van der Waals surface area contributed by atoms with Crippen LogP contribution in [-0.2, 0) is 16.4 Å². The Kier molecular flexibility index (Phi) is 5.61. The second-order valence-electron chi connectivity index (χ2n) is 6.86. The number of rotatable bonds is 7. The predicted octanol–water partition coefficient (Wildman–Crippen LogP) is 2.37. The molecule has 2 heterocycles. The van der Waals surface area contributed by atoms with E-state index in [1.54, 1.807) is 18.2 Å². The summed E-state index contributed by atoms with van der Waals surface area (Å²) in [6.07, 6.45) is 2.15. The quantitative estimate of drug-likeness (QED) is 0.465. The summed E-state index contributed by atoms with van der Waals surface area (Å²) in [5.41, 5.74) is 0.932. The molecule has 0 radical (unpaired) electrons. The van der Waals surface area contributed by atoms with Gasteiger partial charge in [-0.25, -0.2) is 22.1 Å². The van der Waals surface area contributed by atoms with Crippen LogP contribution in [0.5, 0.6) is 0 Å². The maximum absolute atomic E-state index is 13.0. The Bertz CT molecular complexity index is 1380. The van der Waals surface area contributed by atoms with Gasteiger partial charge < -0.3 is 9.51 Å². The van der Waals surface area contributed by atoms with Gasteiger partial charge in [0.2, 0.25) is 21.7 Å². The number of sulfonamides is 1. The summed E-state index contributed by atoms with van der Waals surface area (Å²) < 4.78 is 44.5. The number of nitrogens with zero attached hydrogens (tertiary/aromatic N) is 4. The van der Waals surface area contributed by atoms with Gasteiger partial charge in [0, 0.05) is 25.6 Å². The topological polar surface area (TPSA) is 122 Å². The van der Waals surface area contributed by atoms with Crippen molar-refractivity contribution in [2.75, 3.05) is 13.6 Å². The Hall–Kier alpha value is -3.44.